The molecule has 1 rings (SSSR count). The van der Waals surface area contributed by atoms with E-state index in [1.54, 1.807) is 20.8 Å². The number of ether oxygens (including phenoxy) is 1. The van der Waals surface area contributed by atoms with Crippen LogP contribution in [0.2, 0.25) is 0 Å². The Labute approximate surface area is 173 Å². The molecule has 0 heterocycles. The lowest BCUT2D eigenvalue weighted by Gasteiger charge is -2.25. The largest absolute Gasteiger partial charge is 0.480 e. The Morgan fingerprint density at radius 3 is 2.21 bits per heavy atom. The van der Waals surface area contributed by atoms with Gasteiger partial charge in [0.25, 0.3) is 0 Å². The number of rotatable bonds is 12. The first kappa shape index (κ1) is 24.9. The zero-order valence-electron chi connectivity index (χ0n) is 18.2. The van der Waals surface area contributed by atoms with Gasteiger partial charge in [0.15, 0.2) is 0 Å². The van der Waals surface area contributed by atoms with Gasteiger partial charge in [-0.3, -0.25) is 14.4 Å². The first-order valence-corrected chi connectivity index (χ1v) is 10.5. The molecule has 0 radical (unpaired) electrons. The Morgan fingerprint density at radius 2 is 1.72 bits per heavy atom. The molecule has 0 bridgehead atoms. The van der Waals surface area contributed by atoms with Crippen molar-refractivity contribution < 1.29 is 29.0 Å². The van der Waals surface area contributed by atoms with Crippen molar-refractivity contribution in [1.29, 1.82) is 0 Å². The highest BCUT2D eigenvalue weighted by molar-refractivity contribution is 5.90. The molecule has 0 aromatic heterocycles. The van der Waals surface area contributed by atoms with Crippen LogP contribution < -0.4 is 10.6 Å². The Kier molecular flexibility index (Phi) is 9.59. The van der Waals surface area contributed by atoms with Gasteiger partial charge in [0, 0.05) is 12.8 Å². The van der Waals surface area contributed by atoms with Gasteiger partial charge in [0.1, 0.15) is 17.7 Å². The van der Waals surface area contributed by atoms with E-state index < -0.39 is 29.6 Å². The van der Waals surface area contributed by atoms with E-state index in [1.807, 2.05) is 13.8 Å². The number of aliphatic carboxylic acids is 1. The van der Waals surface area contributed by atoms with Crippen molar-refractivity contribution in [2.75, 3.05) is 0 Å². The van der Waals surface area contributed by atoms with Gasteiger partial charge in [0.2, 0.25) is 11.8 Å². The van der Waals surface area contributed by atoms with Crippen molar-refractivity contribution in [3.8, 4) is 0 Å². The average Bonchev–Trinajstić information content (AvgIpc) is 3.40. The fourth-order valence-corrected chi connectivity index (χ4v) is 2.90. The summed E-state index contributed by atoms with van der Waals surface area (Å²) in [4.78, 5) is 48.1. The molecular formula is C21H36N2O6. The van der Waals surface area contributed by atoms with Crippen LogP contribution in [0.3, 0.4) is 0 Å². The summed E-state index contributed by atoms with van der Waals surface area (Å²) in [6, 6.07) is -1.75. The molecule has 2 amide bonds. The second-order valence-corrected chi connectivity index (χ2v) is 8.95. The fourth-order valence-electron chi connectivity index (χ4n) is 2.90. The van der Waals surface area contributed by atoms with E-state index in [1.165, 1.54) is 0 Å². The molecule has 8 nitrogen and oxygen atoms in total. The highest BCUT2D eigenvalue weighted by Gasteiger charge is 2.33. The Hall–Kier alpha value is -2.12. The van der Waals surface area contributed by atoms with Crippen molar-refractivity contribution in [3.05, 3.63) is 0 Å². The maximum absolute atomic E-state index is 12.7. The van der Waals surface area contributed by atoms with Crippen molar-refractivity contribution >= 4 is 23.8 Å². The van der Waals surface area contributed by atoms with Gasteiger partial charge in [-0.15, -0.1) is 0 Å². The molecule has 1 aliphatic rings. The molecule has 29 heavy (non-hydrogen) atoms. The normalized spacial score (nSPS) is 17.0. The second-order valence-electron chi connectivity index (χ2n) is 8.95. The zero-order chi connectivity index (χ0) is 22.2. The average molecular weight is 413 g/mol. The van der Waals surface area contributed by atoms with Crippen LogP contribution in [0.4, 0.5) is 0 Å². The third kappa shape index (κ3) is 10.3. The molecule has 1 saturated carbocycles. The number of nitrogens with one attached hydrogen (secondary N) is 2. The van der Waals surface area contributed by atoms with Crippen molar-refractivity contribution in [1.82, 2.24) is 10.6 Å². The molecule has 166 valence electrons. The number of esters is 1. The SMILES string of the molecule is CC[C@H](C)[C@H](NC(=O)CCCC(=O)OC(C)(C)C)C(=O)N[C@@H](CC1CC1)C(=O)O. The number of carboxylic acids is 1. The summed E-state index contributed by atoms with van der Waals surface area (Å²) >= 11 is 0. The van der Waals surface area contributed by atoms with E-state index in [0.29, 0.717) is 25.2 Å². The zero-order valence-corrected chi connectivity index (χ0v) is 18.2. The van der Waals surface area contributed by atoms with Gasteiger partial charge in [0.05, 0.1) is 0 Å². The summed E-state index contributed by atoms with van der Waals surface area (Å²) in [7, 11) is 0. The molecule has 0 aromatic rings. The van der Waals surface area contributed by atoms with Gasteiger partial charge < -0.3 is 20.5 Å². The summed E-state index contributed by atoms with van der Waals surface area (Å²) in [5.74, 6) is -2.06. The van der Waals surface area contributed by atoms with Gasteiger partial charge in [-0.25, -0.2) is 4.79 Å². The lowest BCUT2D eigenvalue weighted by Crippen LogP contribution is -2.54. The molecule has 0 unspecified atom stereocenters. The topological polar surface area (TPSA) is 122 Å². The number of carboxylic acid groups (broad SMARTS) is 1. The molecule has 1 fully saturated rings. The van der Waals surface area contributed by atoms with Crippen LogP contribution in [0.25, 0.3) is 0 Å². The minimum atomic E-state index is -1.06. The van der Waals surface area contributed by atoms with Crippen LogP contribution in [0.1, 0.15) is 79.6 Å². The van der Waals surface area contributed by atoms with Crippen molar-refractivity contribution in [2.45, 2.75) is 97.2 Å². The van der Waals surface area contributed by atoms with Crippen LogP contribution in [-0.2, 0) is 23.9 Å². The maximum atomic E-state index is 12.7. The van der Waals surface area contributed by atoms with E-state index in [0.717, 1.165) is 12.8 Å². The van der Waals surface area contributed by atoms with Gasteiger partial charge in [-0.05, 0) is 45.4 Å². The molecular weight excluding hydrogens is 376 g/mol. The van der Waals surface area contributed by atoms with E-state index in [4.69, 9.17) is 4.74 Å². The first-order valence-electron chi connectivity index (χ1n) is 10.5. The summed E-state index contributed by atoms with van der Waals surface area (Å²) < 4.78 is 5.21. The van der Waals surface area contributed by atoms with Crippen LogP contribution in [0.5, 0.6) is 0 Å². The Balaban J connectivity index is 2.56. The van der Waals surface area contributed by atoms with Gasteiger partial charge in [-0.2, -0.15) is 0 Å². The summed E-state index contributed by atoms with van der Waals surface area (Å²) in [5.41, 5.74) is -0.569. The van der Waals surface area contributed by atoms with E-state index >= 15 is 0 Å². The van der Waals surface area contributed by atoms with Crippen molar-refractivity contribution in [3.63, 3.8) is 0 Å². The van der Waals surface area contributed by atoms with Gasteiger partial charge >= 0.3 is 11.9 Å². The molecule has 1 aliphatic carbocycles. The number of hydrogen-bond donors (Lipinski definition) is 3. The van der Waals surface area contributed by atoms with Crippen molar-refractivity contribution in [2.24, 2.45) is 11.8 Å². The molecule has 0 spiro atoms. The molecule has 0 aromatic carbocycles. The molecule has 3 atom stereocenters. The number of amides is 2. The summed E-state index contributed by atoms with van der Waals surface area (Å²) in [6.45, 7) is 9.07. The highest BCUT2D eigenvalue weighted by atomic mass is 16.6. The molecule has 3 N–H and O–H groups in total. The molecule has 0 saturated heterocycles. The Morgan fingerprint density at radius 1 is 1.10 bits per heavy atom. The number of hydrogen-bond acceptors (Lipinski definition) is 5. The first-order chi connectivity index (χ1) is 13.4. The smallest absolute Gasteiger partial charge is 0.326 e. The minimum absolute atomic E-state index is 0.0872. The molecule has 0 aliphatic heterocycles. The lowest BCUT2D eigenvalue weighted by molar-refractivity contribution is -0.155. The third-order valence-electron chi connectivity index (χ3n) is 4.90. The van der Waals surface area contributed by atoms with Crippen LogP contribution in [0.15, 0.2) is 0 Å². The standard InChI is InChI=1S/C21H36N2O6/c1-6-13(2)18(19(26)22-15(20(27)28)12-14-10-11-14)23-16(24)8-7-9-17(25)29-21(3,4)5/h13-15,18H,6-12H2,1-5H3,(H,22,26)(H,23,24)(H,27,28)/t13-,15-,18-/m0/s1. The fraction of sp³-hybridized carbons (Fsp3) is 0.810. The summed E-state index contributed by atoms with van der Waals surface area (Å²) in [6.07, 6.45) is 3.56. The second kappa shape index (κ2) is 11.2. The Bertz CT molecular complexity index is 594. The van der Waals surface area contributed by atoms with Crippen LogP contribution in [-0.4, -0.2) is 46.5 Å². The number of carbonyl (C=O) groups excluding carboxylic acids is 3. The van der Waals surface area contributed by atoms with Crippen LogP contribution >= 0.6 is 0 Å². The van der Waals surface area contributed by atoms with E-state index in [9.17, 15) is 24.3 Å². The number of carbonyl (C=O) groups is 4. The predicted octanol–water partition coefficient (Wildman–Crippen LogP) is 2.40. The quantitative estimate of drug-likeness (QED) is 0.423. The molecule has 8 heteroatoms. The summed E-state index contributed by atoms with van der Waals surface area (Å²) in [5, 5.41) is 14.6. The predicted molar refractivity (Wildman–Crippen MR) is 108 cm³/mol. The van der Waals surface area contributed by atoms with Crippen LogP contribution in [0, 0.1) is 11.8 Å². The lowest BCUT2D eigenvalue weighted by atomic mass is 9.97. The maximum Gasteiger partial charge on any atom is 0.326 e. The highest BCUT2D eigenvalue weighted by Crippen LogP contribution is 2.33. The minimum Gasteiger partial charge on any atom is -0.480 e. The third-order valence-corrected chi connectivity index (χ3v) is 4.90. The monoisotopic (exact) mass is 412 g/mol. The van der Waals surface area contributed by atoms with Gasteiger partial charge in [-0.1, -0.05) is 33.1 Å². The van der Waals surface area contributed by atoms with E-state index in [-0.39, 0.29) is 30.6 Å². The van der Waals surface area contributed by atoms with E-state index in [2.05, 4.69) is 10.6 Å².